The van der Waals surface area contributed by atoms with E-state index in [1.165, 1.54) is 16.4 Å². The molecule has 8 heteroatoms. The topological polar surface area (TPSA) is 66.5 Å². The van der Waals surface area contributed by atoms with E-state index in [4.69, 9.17) is 23.2 Å². The van der Waals surface area contributed by atoms with Crippen LogP contribution in [0.1, 0.15) is 33.1 Å². The molecule has 1 fully saturated rings. The lowest BCUT2D eigenvalue weighted by Gasteiger charge is -2.32. The zero-order valence-electron chi connectivity index (χ0n) is 13.8. The summed E-state index contributed by atoms with van der Waals surface area (Å²) in [5, 5.41) is 3.36. The van der Waals surface area contributed by atoms with Crippen LogP contribution in [0.3, 0.4) is 0 Å². The second-order valence-corrected chi connectivity index (χ2v) is 8.84. The van der Waals surface area contributed by atoms with Gasteiger partial charge in [0.15, 0.2) is 0 Å². The molecule has 0 saturated carbocycles. The minimum atomic E-state index is -3.78. The Labute approximate surface area is 153 Å². The summed E-state index contributed by atoms with van der Waals surface area (Å²) in [6.07, 6.45) is 2.15. The van der Waals surface area contributed by atoms with Crippen molar-refractivity contribution in [1.29, 1.82) is 0 Å². The Morgan fingerprint density at radius 2 is 2.12 bits per heavy atom. The summed E-state index contributed by atoms with van der Waals surface area (Å²) in [6.45, 7) is 4.45. The number of hydrogen-bond donors (Lipinski definition) is 1. The maximum atomic E-state index is 12.9. The number of amides is 1. The van der Waals surface area contributed by atoms with Gasteiger partial charge in [-0.05, 0) is 44.4 Å². The molecule has 1 N–H and O–H groups in total. The van der Waals surface area contributed by atoms with Crippen LogP contribution in [0.2, 0.25) is 10.0 Å². The Morgan fingerprint density at radius 1 is 1.42 bits per heavy atom. The summed E-state index contributed by atoms with van der Waals surface area (Å²) in [5.74, 6) is -0.443. The van der Waals surface area contributed by atoms with Gasteiger partial charge in [0.2, 0.25) is 15.9 Å². The first-order valence-electron chi connectivity index (χ1n) is 8.01. The van der Waals surface area contributed by atoms with Crippen LogP contribution < -0.4 is 5.32 Å². The minimum Gasteiger partial charge on any atom is -0.353 e. The second kappa shape index (κ2) is 8.04. The first-order chi connectivity index (χ1) is 11.3. The van der Waals surface area contributed by atoms with E-state index in [2.05, 4.69) is 5.32 Å². The third-order valence-electron chi connectivity index (χ3n) is 4.27. The van der Waals surface area contributed by atoms with Crippen LogP contribution in [0.25, 0.3) is 0 Å². The molecule has 134 valence electrons. The second-order valence-electron chi connectivity index (χ2n) is 6.09. The number of piperidine rings is 1. The number of halogens is 2. The molecule has 0 aromatic heterocycles. The molecule has 0 spiro atoms. The number of sulfonamides is 1. The van der Waals surface area contributed by atoms with Gasteiger partial charge in [-0.3, -0.25) is 4.79 Å². The molecular weight excluding hydrogens is 371 g/mol. The van der Waals surface area contributed by atoms with E-state index in [1.54, 1.807) is 6.07 Å². The highest BCUT2D eigenvalue weighted by Crippen LogP contribution is 2.30. The smallest absolute Gasteiger partial charge is 0.244 e. The van der Waals surface area contributed by atoms with Gasteiger partial charge in [0.25, 0.3) is 0 Å². The van der Waals surface area contributed by atoms with Gasteiger partial charge in [0.1, 0.15) is 4.90 Å². The van der Waals surface area contributed by atoms with Crippen molar-refractivity contribution < 1.29 is 13.2 Å². The summed E-state index contributed by atoms with van der Waals surface area (Å²) in [5.41, 5.74) is 0. The van der Waals surface area contributed by atoms with Crippen molar-refractivity contribution in [2.75, 3.05) is 13.1 Å². The molecule has 1 amide bonds. The van der Waals surface area contributed by atoms with Gasteiger partial charge in [0.05, 0.1) is 10.9 Å². The predicted octanol–water partition coefficient (Wildman–Crippen LogP) is 3.31. The quantitative estimate of drug-likeness (QED) is 0.835. The fourth-order valence-electron chi connectivity index (χ4n) is 2.65. The average Bonchev–Trinajstić information content (AvgIpc) is 2.56. The molecule has 2 rings (SSSR count). The Hall–Kier alpha value is -0.820. The van der Waals surface area contributed by atoms with Crippen LogP contribution in [-0.2, 0) is 14.8 Å². The number of hydrogen-bond acceptors (Lipinski definition) is 3. The van der Waals surface area contributed by atoms with Crippen molar-refractivity contribution in [3.8, 4) is 0 Å². The van der Waals surface area contributed by atoms with Crippen molar-refractivity contribution in [3.05, 3.63) is 28.2 Å². The number of nitrogens with zero attached hydrogens (tertiary/aromatic N) is 1. The lowest BCUT2D eigenvalue weighted by atomic mass is 9.98. The summed E-state index contributed by atoms with van der Waals surface area (Å²) >= 11 is 12.0. The van der Waals surface area contributed by atoms with Crippen molar-refractivity contribution >= 4 is 39.1 Å². The Kier molecular flexibility index (Phi) is 6.53. The molecule has 1 aromatic rings. The Balaban J connectivity index is 2.19. The number of carbonyl (C=O) groups excluding carboxylic acids is 1. The van der Waals surface area contributed by atoms with E-state index >= 15 is 0 Å². The van der Waals surface area contributed by atoms with E-state index in [9.17, 15) is 13.2 Å². The average molecular weight is 393 g/mol. The van der Waals surface area contributed by atoms with Crippen molar-refractivity contribution in [2.45, 2.75) is 44.0 Å². The first-order valence-corrected chi connectivity index (χ1v) is 10.2. The van der Waals surface area contributed by atoms with E-state index in [0.29, 0.717) is 24.4 Å². The molecule has 5 nitrogen and oxygen atoms in total. The van der Waals surface area contributed by atoms with Gasteiger partial charge in [-0.1, -0.05) is 30.1 Å². The van der Waals surface area contributed by atoms with Gasteiger partial charge in [-0.25, -0.2) is 8.42 Å². The standard InChI is InChI=1S/C16H22Cl2N2O3S/c1-3-11(2)19-16(21)12-5-4-8-20(10-12)24(22,23)15-9-13(17)6-7-14(15)18/h6-7,9,11-12H,3-5,8,10H2,1-2H3,(H,19,21)/t11-,12+/m0/s1. The molecule has 1 aliphatic rings. The lowest BCUT2D eigenvalue weighted by molar-refractivity contribution is -0.126. The van der Waals surface area contributed by atoms with Gasteiger partial charge in [0, 0.05) is 24.2 Å². The molecule has 0 bridgehead atoms. The number of nitrogens with one attached hydrogen (secondary N) is 1. The summed E-state index contributed by atoms with van der Waals surface area (Å²) < 4.78 is 27.0. The van der Waals surface area contributed by atoms with Crippen molar-refractivity contribution in [1.82, 2.24) is 9.62 Å². The molecule has 0 radical (unpaired) electrons. The van der Waals surface area contributed by atoms with Crippen LogP contribution in [0.5, 0.6) is 0 Å². The van der Waals surface area contributed by atoms with Gasteiger partial charge >= 0.3 is 0 Å². The molecule has 24 heavy (non-hydrogen) atoms. The zero-order valence-corrected chi connectivity index (χ0v) is 16.1. The van der Waals surface area contributed by atoms with Crippen LogP contribution in [0, 0.1) is 5.92 Å². The maximum Gasteiger partial charge on any atom is 0.244 e. The SMILES string of the molecule is CC[C@H](C)NC(=O)[C@@H]1CCCN(S(=O)(=O)c2cc(Cl)ccc2Cl)C1. The summed E-state index contributed by atoms with van der Waals surface area (Å²) in [6, 6.07) is 4.43. The third kappa shape index (κ3) is 4.42. The first kappa shape index (κ1) is 19.5. The molecule has 1 saturated heterocycles. The molecule has 0 aliphatic carbocycles. The van der Waals surface area contributed by atoms with E-state index in [0.717, 1.165) is 6.42 Å². The molecule has 1 aromatic carbocycles. The monoisotopic (exact) mass is 392 g/mol. The Morgan fingerprint density at radius 3 is 2.79 bits per heavy atom. The fourth-order valence-corrected chi connectivity index (χ4v) is 4.91. The van der Waals surface area contributed by atoms with Gasteiger partial charge in [-0.15, -0.1) is 0 Å². The lowest BCUT2D eigenvalue weighted by Crippen LogP contribution is -2.47. The van der Waals surface area contributed by atoms with E-state index in [1.807, 2.05) is 13.8 Å². The van der Waals surface area contributed by atoms with E-state index in [-0.39, 0.29) is 34.3 Å². The highest BCUT2D eigenvalue weighted by Gasteiger charge is 2.34. The normalized spacial score (nSPS) is 20.6. The van der Waals surface area contributed by atoms with Crippen LogP contribution >= 0.6 is 23.2 Å². The minimum absolute atomic E-state index is 0.0142. The zero-order chi connectivity index (χ0) is 17.9. The third-order valence-corrected chi connectivity index (χ3v) is 6.85. The van der Waals surface area contributed by atoms with E-state index < -0.39 is 10.0 Å². The van der Waals surface area contributed by atoms with Crippen LogP contribution in [-0.4, -0.2) is 37.8 Å². The molecule has 2 atom stereocenters. The molecule has 1 aliphatic heterocycles. The summed E-state index contributed by atoms with van der Waals surface area (Å²) in [4.78, 5) is 12.3. The van der Waals surface area contributed by atoms with Gasteiger partial charge in [-0.2, -0.15) is 4.31 Å². The molecule has 0 unspecified atom stereocenters. The maximum absolute atomic E-state index is 12.9. The number of carbonyl (C=O) groups is 1. The molecule has 1 heterocycles. The Bertz CT molecular complexity index is 709. The number of rotatable bonds is 5. The highest BCUT2D eigenvalue weighted by atomic mass is 35.5. The van der Waals surface area contributed by atoms with Crippen molar-refractivity contribution in [3.63, 3.8) is 0 Å². The highest BCUT2D eigenvalue weighted by molar-refractivity contribution is 7.89. The number of benzene rings is 1. The summed E-state index contributed by atoms with van der Waals surface area (Å²) in [7, 11) is -3.78. The molecular formula is C16H22Cl2N2O3S. The fraction of sp³-hybridized carbons (Fsp3) is 0.562. The van der Waals surface area contributed by atoms with Gasteiger partial charge < -0.3 is 5.32 Å². The van der Waals surface area contributed by atoms with Crippen LogP contribution in [0.4, 0.5) is 0 Å². The predicted molar refractivity (Wildman–Crippen MR) is 95.8 cm³/mol. The van der Waals surface area contributed by atoms with Crippen molar-refractivity contribution in [2.24, 2.45) is 5.92 Å². The largest absolute Gasteiger partial charge is 0.353 e. The van der Waals surface area contributed by atoms with Crippen LogP contribution in [0.15, 0.2) is 23.1 Å².